The van der Waals surface area contributed by atoms with Gasteiger partial charge in [0.2, 0.25) is 5.13 Å². The molecule has 4 nitrogen and oxygen atoms in total. The first kappa shape index (κ1) is 10.3. The highest BCUT2D eigenvalue weighted by molar-refractivity contribution is 9.11. The third-order valence-corrected chi connectivity index (χ3v) is 3.86. The van der Waals surface area contributed by atoms with Crippen molar-refractivity contribution in [2.45, 2.75) is 31.3 Å². The average molecular weight is 278 g/mol. The summed E-state index contributed by atoms with van der Waals surface area (Å²) in [5.41, 5.74) is -0.408. The molecule has 0 spiro atoms. The molecule has 14 heavy (non-hydrogen) atoms. The van der Waals surface area contributed by atoms with Crippen molar-refractivity contribution in [3.63, 3.8) is 0 Å². The molecule has 1 aromatic rings. The summed E-state index contributed by atoms with van der Waals surface area (Å²) in [6.07, 6.45) is 3.83. The van der Waals surface area contributed by atoms with Gasteiger partial charge < -0.3 is 10.4 Å². The fourth-order valence-electron chi connectivity index (χ4n) is 1.51. The lowest BCUT2D eigenvalue weighted by molar-refractivity contribution is -0.0370. The third-order valence-electron chi connectivity index (χ3n) is 2.55. The molecule has 0 bridgehead atoms. The maximum atomic E-state index is 9.81. The van der Waals surface area contributed by atoms with Crippen LogP contribution in [-0.4, -0.2) is 27.4 Å². The Kier molecular flexibility index (Phi) is 3.04. The van der Waals surface area contributed by atoms with Crippen molar-refractivity contribution in [3.8, 4) is 0 Å². The molecule has 1 saturated carbocycles. The summed E-state index contributed by atoms with van der Waals surface area (Å²) in [6.45, 7) is 0.762. The minimum atomic E-state index is -0.408. The summed E-state index contributed by atoms with van der Waals surface area (Å²) < 4.78 is 0.780. The zero-order valence-electron chi connectivity index (χ0n) is 7.66. The molecule has 1 aliphatic carbocycles. The molecule has 0 saturated heterocycles. The number of halogens is 1. The Morgan fingerprint density at radius 1 is 1.50 bits per heavy atom. The summed E-state index contributed by atoms with van der Waals surface area (Å²) in [5.74, 6) is 0. The number of aromatic nitrogens is 2. The van der Waals surface area contributed by atoms with Crippen LogP contribution in [-0.2, 0) is 0 Å². The third kappa shape index (κ3) is 2.43. The second kappa shape index (κ2) is 4.12. The van der Waals surface area contributed by atoms with E-state index in [0.29, 0.717) is 0 Å². The molecule has 0 amide bonds. The molecule has 1 fully saturated rings. The second-order valence-electron chi connectivity index (χ2n) is 3.61. The van der Waals surface area contributed by atoms with E-state index in [1.165, 1.54) is 11.3 Å². The second-order valence-corrected chi connectivity index (χ2v) is 5.87. The molecule has 0 aliphatic heterocycles. The molecule has 0 aromatic carbocycles. The molecule has 78 valence electrons. The minimum Gasteiger partial charge on any atom is -0.390 e. The van der Waals surface area contributed by atoms with Crippen molar-refractivity contribution < 1.29 is 5.11 Å². The first-order chi connectivity index (χ1) is 6.68. The normalized spacial score (nSPS) is 19.0. The zero-order valence-corrected chi connectivity index (χ0v) is 10.1. The number of hydrogen-bond donors (Lipinski definition) is 2. The van der Waals surface area contributed by atoms with Gasteiger partial charge >= 0.3 is 0 Å². The Morgan fingerprint density at radius 3 is 2.79 bits per heavy atom. The van der Waals surface area contributed by atoms with Gasteiger partial charge in [0, 0.05) is 6.54 Å². The number of hydrogen-bond acceptors (Lipinski definition) is 5. The van der Waals surface area contributed by atoms with Gasteiger partial charge in [0.1, 0.15) is 0 Å². The maximum absolute atomic E-state index is 9.81. The molecule has 0 unspecified atom stereocenters. The van der Waals surface area contributed by atoms with Gasteiger partial charge in [0.25, 0.3) is 0 Å². The minimum absolute atomic E-state index is 0.408. The SMILES string of the molecule is OC1(CCNc2nnc(Br)s2)CCC1. The number of rotatable bonds is 4. The van der Waals surface area contributed by atoms with Gasteiger partial charge in [-0.25, -0.2) is 0 Å². The van der Waals surface area contributed by atoms with Crippen molar-refractivity contribution in [2.24, 2.45) is 0 Å². The number of anilines is 1. The standard InChI is InChI=1S/C8H12BrN3OS/c9-6-11-12-7(14-6)10-5-4-8(13)2-1-3-8/h13H,1-5H2,(H,10,12). The van der Waals surface area contributed by atoms with Gasteiger partial charge in [-0.1, -0.05) is 11.3 Å². The summed E-state index contributed by atoms with van der Waals surface area (Å²) in [5, 5.41) is 21.5. The van der Waals surface area contributed by atoms with E-state index in [-0.39, 0.29) is 0 Å². The number of nitrogens with zero attached hydrogens (tertiary/aromatic N) is 2. The van der Waals surface area contributed by atoms with Crippen molar-refractivity contribution in [3.05, 3.63) is 3.92 Å². The Balaban J connectivity index is 1.72. The van der Waals surface area contributed by atoms with Gasteiger partial charge in [-0.05, 0) is 41.6 Å². The van der Waals surface area contributed by atoms with Crippen LogP contribution in [0.15, 0.2) is 3.92 Å². The molecule has 2 rings (SSSR count). The van der Waals surface area contributed by atoms with Gasteiger partial charge in [-0.2, -0.15) is 0 Å². The van der Waals surface area contributed by atoms with Crippen molar-refractivity contribution >= 4 is 32.4 Å². The average Bonchev–Trinajstić information content (AvgIpc) is 2.49. The van der Waals surface area contributed by atoms with E-state index >= 15 is 0 Å². The summed E-state index contributed by atoms with van der Waals surface area (Å²) in [7, 11) is 0. The van der Waals surface area contributed by atoms with Crippen LogP contribution < -0.4 is 5.32 Å². The molecule has 1 heterocycles. The van der Waals surface area contributed by atoms with Crippen molar-refractivity contribution in [1.29, 1.82) is 0 Å². The van der Waals surface area contributed by atoms with Crippen molar-refractivity contribution in [2.75, 3.05) is 11.9 Å². The zero-order chi connectivity index (χ0) is 10.0. The van der Waals surface area contributed by atoms with E-state index in [2.05, 4.69) is 31.4 Å². The van der Waals surface area contributed by atoms with E-state index in [0.717, 1.165) is 41.3 Å². The highest BCUT2D eigenvalue weighted by atomic mass is 79.9. The van der Waals surface area contributed by atoms with Crippen LogP contribution in [0.1, 0.15) is 25.7 Å². The number of aliphatic hydroxyl groups is 1. The Labute approximate surface area is 94.9 Å². The van der Waals surface area contributed by atoms with Crippen LogP contribution in [0.3, 0.4) is 0 Å². The Morgan fingerprint density at radius 2 is 2.29 bits per heavy atom. The van der Waals surface area contributed by atoms with Crippen LogP contribution in [0.25, 0.3) is 0 Å². The fraction of sp³-hybridized carbons (Fsp3) is 0.750. The van der Waals surface area contributed by atoms with Gasteiger partial charge in [-0.15, -0.1) is 10.2 Å². The Bertz CT molecular complexity index is 313. The topological polar surface area (TPSA) is 58.0 Å². The predicted molar refractivity (Wildman–Crippen MR) is 59.5 cm³/mol. The van der Waals surface area contributed by atoms with Crippen molar-refractivity contribution in [1.82, 2.24) is 10.2 Å². The quantitative estimate of drug-likeness (QED) is 0.884. The first-order valence-corrected chi connectivity index (χ1v) is 6.24. The monoisotopic (exact) mass is 277 g/mol. The Hall–Kier alpha value is -0.200. The molecule has 6 heteroatoms. The van der Waals surface area contributed by atoms with Crippen LogP contribution in [0, 0.1) is 0 Å². The highest BCUT2D eigenvalue weighted by Gasteiger charge is 2.33. The van der Waals surface area contributed by atoms with Crippen LogP contribution >= 0.6 is 27.3 Å². The summed E-state index contributed by atoms with van der Waals surface area (Å²) >= 11 is 4.71. The van der Waals surface area contributed by atoms with E-state index in [1.54, 1.807) is 0 Å². The van der Waals surface area contributed by atoms with E-state index in [9.17, 15) is 5.11 Å². The van der Waals surface area contributed by atoms with E-state index < -0.39 is 5.60 Å². The molecule has 2 N–H and O–H groups in total. The van der Waals surface area contributed by atoms with E-state index in [4.69, 9.17) is 0 Å². The van der Waals surface area contributed by atoms with E-state index in [1.807, 2.05) is 0 Å². The molecule has 1 aliphatic rings. The predicted octanol–water partition coefficient (Wildman–Crippen LogP) is 2.02. The summed E-state index contributed by atoms with van der Waals surface area (Å²) in [4.78, 5) is 0. The highest BCUT2D eigenvalue weighted by Crippen LogP contribution is 2.34. The van der Waals surface area contributed by atoms with Gasteiger partial charge in [-0.3, -0.25) is 0 Å². The lowest BCUT2D eigenvalue weighted by Crippen LogP contribution is -2.38. The van der Waals surface area contributed by atoms with Crippen LogP contribution in [0.2, 0.25) is 0 Å². The fourth-order valence-corrected chi connectivity index (χ4v) is 2.55. The van der Waals surface area contributed by atoms with Gasteiger partial charge in [0.05, 0.1) is 5.60 Å². The van der Waals surface area contributed by atoms with Crippen LogP contribution in [0.5, 0.6) is 0 Å². The molecule has 0 atom stereocenters. The molecular weight excluding hydrogens is 266 g/mol. The molecule has 0 radical (unpaired) electrons. The van der Waals surface area contributed by atoms with Crippen LogP contribution in [0.4, 0.5) is 5.13 Å². The largest absolute Gasteiger partial charge is 0.390 e. The van der Waals surface area contributed by atoms with Gasteiger partial charge in [0.15, 0.2) is 3.92 Å². The number of nitrogens with one attached hydrogen (secondary N) is 1. The molecular formula is C8H12BrN3OS. The lowest BCUT2D eigenvalue weighted by Gasteiger charge is -2.36. The molecule has 1 aromatic heterocycles. The first-order valence-electron chi connectivity index (χ1n) is 4.63. The maximum Gasteiger partial charge on any atom is 0.206 e. The summed E-state index contributed by atoms with van der Waals surface area (Å²) in [6, 6.07) is 0. The smallest absolute Gasteiger partial charge is 0.206 e. The lowest BCUT2D eigenvalue weighted by atomic mass is 9.78.